The first kappa shape index (κ1) is 45.7. The van der Waals surface area contributed by atoms with Crippen molar-refractivity contribution in [2.75, 3.05) is 23.0 Å². The molecule has 0 amide bonds. The van der Waals surface area contributed by atoms with Crippen LogP contribution in [0.3, 0.4) is 0 Å². The van der Waals surface area contributed by atoms with E-state index in [-0.39, 0.29) is 52.5 Å². The molecular formula is C42H68O8S4. The van der Waals surface area contributed by atoms with Crippen molar-refractivity contribution in [2.24, 2.45) is 45.3 Å². The van der Waals surface area contributed by atoms with E-state index < -0.39 is 17.5 Å². The maximum atomic E-state index is 12.9. The monoisotopic (exact) mass is 828 g/mol. The van der Waals surface area contributed by atoms with Crippen molar-refractivity contribution in [1.29, 1.82) is 0 Å². The Hall–Kier alpha value is -0.980. The van der Waals surface area contributed by atoms with Gasteiger partial charge in [-0.25, -0.2) is 0 Å². The van der Waals surface area contributed by atoms with Gasteiger partial charge in [-0.05, 0) is 112 Å². The second-order valence-corrected chi connectivity index (χ2v) is 23.9. The van der Waals surface area contributed by atoms with E-state index in [4.69, 9.17) is 19.7 Å². The molecule has 0 aromatic heterocycles. The molecule has 3 saturated carbocycles. The lowest BCUT2D eigenvalue weighted by molar-refractivity contribution is -0.176. The second kappa shape index (κ2) is 19.2. The Balaban J connectivity index is 1.30. The minimum absolute atomic E-state index is 0.0858. The van der Waals surface area contributed by atoms with Crippen molar-refractivity contribution >= 4 is 67.1 Å². The molecule has 12 heteroatoms. The molecule has 0 spiro atoms. The average molecular weight is 829 g/mol. The summed E-state index contributed by atoms with van der Waals surface area (Å²) in [6, 6.07) is 0. The summed E-state index contributed by atoms with van der Waals surface area (Å²) in [5.74, 6) is 2.71. The topological polar surface area (TPSA) is 127 Å². The molecule has 2 N–H and O–H groups in total. The SMILES string of the molecule is C[C@H](CCCC(C)(C)OC(=O)CCSSCCC(=O)O)[C@H]1CC[C@@]2(C)C3=CC[C@H]4C(C)(C)C(OC(=O)CCSSCCC(=O)O)CC[C@]4(C)C3CC[C@]12C. The third-order valence-corrected chi connectivity index (χ3v) is 19.2. The van der Waals surface area contributed by atoms with Crippen molar-refractivity contribution in [3.05, 3.63) is 11.6 Å². The zero-order valence-electron chi connectivity index (χ0n) is 34.2. The van der Waals surface area contributed by atoms with Crippen molar-refractivity contribution in [1.82, 2.24) is 0 Å². The minimum Gasteiger partial charge on any atom is -0.481 e. The Kier molecular flexibility index (Phi) is 16.2. The minimum atomic E-state index is -0.797. The number of hydrogen-bond donors (Lipinski definition) is 2. The maximum absolute atomic E-state index is 12.9. The van der Waals surface area contributed by atoms with Crippen LogP contribution in [0.4, 0.5) is 0 Å². The van der Waals surface area contributed by atoms with Crippen LogP contribution in [-0.4, -0.2) is 68.8 Å². The molecule has 0 radical (unpaired) electrons. The maximum Gasteiger partial charge on any atom is 0.307 e. The lowest BCUT2D eigenvalue weighted by Gasteiger charge is -2.64. The molecule has 0 saturated heterocycles. The number of ether oxygens (including phenoxy) is 2. The van der Waals surface area contributed by atoms with Crippen molar-refractivity contribution in [3.63, 3.8) is 0 Å². The number of aliphatic carboxylic acids is 2. The summed E-state index contributed by atoms with van der Waals surface area (Å²) in [6.07, 6.45) is 14.5. The van der Waals surface area contributed by atoms with Crippen LogP contribution >= 0.6 is 43.2 Å². The average Bonchev–Trinajstić information content (AvgIpc) is 3.36. The standard InChI is InChI=1S/C42H68O8S4/c1-28(10-9-20-38(2,3)50-37(48)19-27-54-52-25-17-35(45)46)29-13-22-42(8)31-11-12-32-39(4,5)33(49-36(47)18-26-53-51-24-16-34(43)44)15-21-40(32,6)30(31)14-23-41(29,42)7/h11,28-30,32-33H,9-10,12-27H2,1-8H3,(H,43,44)(H,45,46)/t28-,29-,30?,32+,33?,40-,41-,42+/m1/s1. The van der Waals surface area contributed by atoms with Crippen LogP contribution in [0.15, 0.2) is 11.6 Å². The molecule has 8 nitrogen and oxygen atoms in total. The molecular weight excluding hydrogens is 761 g/mol. The Morgan fingerprint density at radius 3 is 1.98 bits per heavy atom. The number of rotatable bonds is 21. The molecule has 4 aliphatic rings. The summed E-state index contributed by atoms with van der Waals surface area (Å²) in [4.78, 5) is 46.9. The quantitative estimate of drug-likeness (QED) is 0.0495. The predicted octanol–water partition coefficient (Wildman–Crippen LogP) is 11.1. The van der Waals surface area contributed by atoms with Crippen molar-refractivity contribution in [3.8, 4) is 0 Å². The van der Waals surface area contributed by atoms with Gasteiger partial charge in [0, 0.05) is 28.4 Å². The van der Waals surface area contributed by atoms with Gasteiger partial charge in [-0.15, -0.1) is 0 Å². The molecule has 2 unspecified atom stereocenters. The van der Waals surface area contributed by atoms with E-state index in [1.807, 2.05) is 13.8 Å². The first-order valence-corrected chi connectivity index (χ1v) is 25.3. The molecule has 3 fully saturated rings. The fourth-order valence-corrected chi connectivity index (χ4v) is 15.2. The number of hydrogen-bond acceptors (Lipinski definition) is 10. The van der Waals surface area contributed by atoms with E-state index >= 15 is 0 Å². The summed E-state index contributed by atoms with van der Waals surface area (Å²) < 4.78 is 12.1. The Morgan fingerprint density at radius 1 is 0.815 bits per heavy atom. The summed E-state index contributed by atoms with van der Waals surface area (Å²) in [6.45, 7) is 18.9. The normalized spacial score (nSPS) is 32.0. The number of esters is 2. The Labute approximate surface area is 341 Å². The largest absolute Gasteiger partial charge is 0.481 e. The molecule has 4 aliphatic carbocycles. The zero-order chi connectivity index (χ0) is 40.0. The molecule has 0 aromatic carbocycles. The van der Waals surface area contributed by atoms with Gasteiger partial charge in [0.15, 0.2) is 0 Å². The highest BCUT2D eigenvalue weighted by molar-refractivity contribution is 8.77. The summed E-state index contributed by atoms with van der Waals surface area (Å²) in [7, 11) is 6.08. The summed E-state index contributed by atoms with van der Waals surface area (Å²) in [5.41, 5.74) is 1.73. The molecule has 0 aromatic rings. The van der Waals surface area contributed by atoms with E-state index in [1.165, 1.54) is 58.1 Å². The molecule has 54 heavy (non-hydrogen) atoms. The molecule has 4 rings (SSSR count). The van der Waals surface area contributed by atoms with Crippen LogP contribution in [0, 0.1) is 45.3 Å². The number of allylic oxidation sites excluding steroid dienone is 2. The molecule has 8 atom stereocenters. The highest BCUT2D eigenvalue weighted by Crippen LogP contribution is 2.73. The fourth-order valence-electron chi connectivity index (χ4n) is 11.3. The first-order valence-electron chi connectivity index (χ1n) is 20.3. The molecule has 0 bridgehead atoms. The van der Waals surface area contributed by atoms with Gasteiger partial charge in [0.25, 0.3) is 0 Å². The number of carboxylic acid groups (broad SMARTS) is 2. The molecule has 0 heterocycles. The highest BCUT2D eigenvalue weighted by Gasteiger charge is 2.65. The number of carboxylic acids is 2. The van der Waals surface area contributed by atoms with Gasteiger partial charge < -0.3 is 19.7 Å². The van der Waals surface area contributed by atoms with Gasteiger partial charge in [-0.2, -0.15) is 0 Å². The smallest absolute Gasteiger partial charge is 0.307 e. The zero-order valence-corrected chi connectivity index (χ0v) is 37.4. The first-order chi connectivity index (χ1) is 25.3. The number of fused-ring (bicyclic) bond motifs is 5. The van der Waals surface area contributed by atoms with Crippen LogP contribution in [0.5, 0.6) is 0 Å². The highest BCUT2D eigenvalue weighted by atomic mass is 33.1. The van der Waals surface area contributed by atoms with Crippen LogP contribution in [0.1, 0.15) is 145 Å². The van der Waals surface area contributed by atoms with Gasteiger partial charge >= 0.3 is 23.9 Å². The van der Waals surface area contributed by atoms with Crippen molar-refractivity contribution < 1.29 is 38.9 Å². The van der Waals surface area contributed by atoms with Crippen LogP contribution < -0.4 is 0 Å². The second-order valence-electron chi connectivity index (χ2n) is 18.5. The van der Waals surface area contributed by atoms with Gasteiger partial charge in [0.2, 0.25) is 0 Å². The van der Waals surface area contributed by atoms with E-state index in [0.29, 0.717) is 59.5 Å². The third-order valence-electron chi connectivity index (χ3n) is 14.4. The lowest BCUT2D eigenvalue weighted by atomic mass is 9.41. The van der Waals surface area contributed by atoms with Gasteiger partial charge in [0.1, 0.15) is 11.7 Å². The van der Waals surface area contributed by atoms with Gasteiger partial charge in [-0.1, -0.05) is 103 Å². The summed E-state index contributed by atoms with van der Waals surface area (Å²) >= 11 is 0. The predicted molar refractivity (Wildman–Crippen MR) is 226 cm³/mol. The Morgan fingerprint density at radius 2 is 1.39 bits per heavy atom. The summed E-state index contributed by atoms with van der Waals surface area (Å²) in [5, 5.41) is 17.6. The van der Waals surface area contributed by atoms with Gasteiger partial charge in [-0.3, -0.25) is 19.2 Å². The Bertz CT molecular complexity index is 1370. The molecule has 308 valence electrons. The van der Waals surface area contributed by atoms with Crippen LogP contribution in [0.2, 0.25) is 0 Å². The fraction of sp³-hybridized carbons (Fsp3) is 0.857. The van der Waals surface area contributed by atoms with Gasteiger partial charge in [0.05, 0.1) is 25.7 Å². The lowest BCUT2D eigenvalue weighted by Crippen LogP contribution is -2.58. The third kappa shape index (κ3) is 10.7. The van der Waals surface area contributed by atoms with E-state index in [2.05, 4.69) is 47.6 Å². The van der Waals surface area contributed by atoms with E-state index in [1.54, 1.807) is 16.4 Å². The number of carbonyl (C=O) groups excluding carboxylic acids is 2. The molecule has 0 aliphatic heterocycles. The van der Waals surface area contributed by atoms with Crippen LogP contribution in [0.25, 0.3) is 0 Å². The number of carbonyl (C=O) groups is 4. The van der Waals surface area contributed by atoms with Crippen molar-refractivity contribution in [2.45, 2.75) is 157 Å². The van der Waals surface area contributed by atoms with E-state index in [9.17, 15) is 19.2 Å². The van der Waals surface area contributed by atoms with Crippen LogP contribution in [-0.2, 0) is 28.7 Å². The van der Waals surface area contributed by atoms with E-state index in [0.717, 1.165) is 38.5 Å².